The highest BCUT2D eigenvalue weighted by molar-refractivity contribution is 14.1. The number of ether oxygens (including phenoxy) is 3. The SMILES string of the molecule is CCOC(=O)C1=C(C)NC(=S)N[C@H]1c1ccccc1OCC(=O)NN=Cc1cc(Br)c(OCc2cccc(F)c2)c(I)c1. The lowest BCUT2D eigenvalue weighted by Gasteiger charge is -2.30. The molecule has 4 rings (SSSR count). The minimum absolute atomic E-state index is 0.208. The molecule has 3 aromatic carbocycles. The van der Waals surface area contributed by atoms with E-state index in [1.165, 1.54) is 18.3 Å². The van der Waals surface area contributed by atoms with E-state index < -0.39 is 17.9 Å². The van der Waals surface area contributed by atoms with Gasteiger partial charge in [-0.05, 0) is 106 Å². The van der Waals surface area contributed by atoms with E-state index >= 15 is 0 Å². The zero-order valence-corrected chi connectivity index (χ0v) is 27.6. The number of rotatable bonds is 11. The number of thiocarbonyl (C=S) groups is 1. The number of carbonyl (C=O) groups is 2. The van der Waals surface area contributed by atoms with Crippen molar-refractivity contribution in [1.29, 1.82) is 0 Å². The van der Waals surface area contributed by atoms with Crippen LogP contribution in [0.5, 0.6) is 11.5 Å². The second kappa shape index (κ2) is 15.3. The maximum absolute atomic E-state index is 13.5. The second-order valence-corrected chi connectivity index (χ2v) is 11.6. The maximum atomic E-state index is 13.5. The Morgan fingerprint density at radius 1 is 1.16 bits per heavy atom. The summed E-state index contributed by atoms with van der Waals surface area (Å²) in [6.45, 7) is 3.58. The minimum Gasteiger partial charge on any atom is -0.487 e. The number of halogens is 3. The molecule has 9 nitrogen and oxygen atoms in total. The highest BCUT2D eigenvalue weighted by atomic mass is 127. The van der Waals surface area contributed by atoms with Crippen molar-refractivity contribution in [3.05, 3.63) is 102 Å². The molecule has 0 fully saturated rings. The second-order valence-electron chi connectivity index (χ2n) is 9.14. The van der Waals surface area contributed by atoms with Crippen molar-refractivity contribution in [3.8, 4) is 11.5 Å². The lowest BCUT2D eigenvalue weighted by atomic mass is 9.95. The van der Waals surface area contributed by atoms with Crippen LogP contribution in [0.4, 0.5) is 4.39 Å². The molecule has 1 amide bonds. The number of para-hydroxylation sites is 1. The van der Waals surface area contributed by atoms with Gasteiger partial charge in [-0.1, -0.05) is 30.3 Å². The highest BCUT2D eigenvalue weighted by Crippen LogP contribution is 2.34. The molecule has 43 heavy (non-hydrogen) atoms. The van der Waals surface area contributed by atoms with Crippen LogP contribution >= 0.6 is 50.7 Å². The fraction of sp³-hybridized carbons (Fsp3) is 0.200. The molecule has 13 heteroatoms. The van der Waals surface area contributed by atoms with Gasteiger partial charge in [0.05, 0.1) is 32.5 Å². The van der Waals surface area contributed by atoms with Crippen LogP contribution in [0.25, 0.3) is 0 Å². The van der Waals surface area contributed by atoms with Crippen LogP contribution in [-0.4, -0.2) is 36.4 Å². The number of nitrogens with zero attached hydrogens (tertiary/aromatic N) is 1. The molecule has 3 N–H and O–H groups in total. The molecular formula is C30H27BrFIN4O5S. The number of nitrogens with one attached hydrogen (secondary N) is 3. The third-order valence-electron chi connectivity index (χ3n) is 6.05. The Morgan fingerprint density at radius 2 is 1.95 bits per heavy atom. The summed E-state index contributed by atoms with van der Waals surface area (Å²) in [5.74, 6) is -0.288. The Morgan fingerprint density at radius 3 is 2.70 bits per heavy atom. The van der Waals surface area contributed by atoms with Crippen LogP contribution in [0.15, 0.2) is 81.5 Å². The monoisotopic (exact) mass is 780 g/mol. The van der Waals surface area contributed by atoms with E-state index in [1.54, 1.807) is 56.3 Å². The van der Waals surface area contributed by atoms with E-state index in [9.17, 15) is 14.0 Å². The molecule has 0 saturated carbocycles. The van der Waals surface area contributed by atoms with Gasteiger partial charge < -0.3 is 24.8 Å². The number of allylic oxidation sites excluding steroid dienone is 1. The van der Waals surface area contributed by atoms with Crippen LogP contribution in [0.2, 0.25) is 0 Å². The standard InChI is InChI=1S/C30H27BrFIN4O5S/c1-3-40-29(39)26-17(2)35-30(43)36-27(26)21-9-4-5-10-24(21)41-16-25(38)37-34-14-19-12-22(31)28(23(33)13-19)42-15-18-7-6-8-20(32)11-18/h4-14,27H,3,15-16H2,1-2H3,(H,37,38)(H2,35,36,43)/t27-/m0/s1. The normalized spacial score (nSPS) is 14.6. The molecule has 0 spiro atoms. The molecule has 3 aromatic rings. The first-order valence-corrected chi connectivity index (χ1v) is 15.3. The van der Waals surface area contributed by atoms with E-state index in [-0.39, 0.29) is 25.6 Å². The van der Waals surface area contributed by atoms with Gasteiger partial charge in [0.1, 0.15) is 23.9 Å². The van der Waals surface area contributed by atoms with Gasteiger partial charge in [-0.3, -0.25) is 4.79 Å². The fourth-order valence-corrected chi connectivity index (χ4v) is 6.23. The third-order valence-corrected chi connectivity index (χ3v) is 7.66. The van der Waals surface area contributed by atoms with Crippen LogP contribution in [0, 0.1) is 9.39 Å². The Labute approximate surface area is 275 Å². The summed E-state index contributed by atoms with van der Waals surface area (Å²) in [6, 6.07) is 16.3. The lowest BCUT2D eigenvalue weighted by molar-refractivity contribution is -0.139. The highest BCUT2D eigenvalue weighted by Gasteiger charge is 2.32. The van der Waals surface area contributed by atoms with E-state index in [2.05, 4.69) is 59.7 Å². The summed E-state index contributed by atoms with van der Waals surface area (Å²) in [4.78, 5) is 25.3. The van der Waals surface area contributed by atoms with Gasteiger partial charge in [0.25, 0.3) is 5.91 Å². The maximum Gasteiger partial charge on any atom is 0.338 e. The van der Waals surface area contributed by atoms with Gasteiger partial charge in [-0.25, -0.2) is 14.6 Å². The van der Waals surface area contributed by atoms with Crippen LogP contribution in [0.3, 0.4) is 0 Å². The molecule has 0 saturated heterocycles. The zero-order valence-electron chi connectivity index (χ0n) is 23.1. The topological polar surface area (TPSA) is 110 Å². The minimum atomic E-state index is -0.633. The largest absolute Gasteiger partial charge is 0.487 e. The summed E-state index contributed by atoms with van der Waals surface area (Å²) in [7, 11) is 0. The first-order valence-electron chi connectivity index (χ1n) is 13.0. The van der Waals surface area contributed by atoms with E-state index in [4.69, 9.17) is 26.4 Å². The molecule has 0 radical (unpaired) electrons. The van der Waals surface area contributed by atoms with Crippen molar-refractivity contribution in [3.63, 3.8) is 0 Å². The Bertz CT molecular complexity index is 1580. The molecule has 0 unspecified atom stereocenters. The third kappa shape index (κ3) is 8.74. The van der Waals surface area contributed by atoms with E-state index in [0.717, 1.165) is 3.57 Å². The number of hydrazone groups is 1. The molecule has 1 atom stereocenters. The molecule has 1 heterocycles. The van der Waals surface area contributed by atoms with Crippen LogP contribution in [0.1, 0.15) is 36.6 Å². The van der Waals surface area contributed by atoms with Crippen molar-refractivity contribution < 1.29 is 28.2 Å². The van der Waals surface area contributed by atoms with Crippen LogP contribution < -0.4 is 25.5 Å². The summed E-state index contributed by atoms with van der Waals surface area (Å²) in [5.41, 5.74) is 5.43. The van der Waals surface area contributed by atoms with Crippen molar-refractivity contribution in [2.45, 2.75) is 26.5 Å². The zero-order chi connectivity index (χ0) is 30.9. The lowest BCUT2D eigenvalue weighted by Crippen LogP contribution is -2.45. The molecule has 0 aromatic heterocycles. The number of hydrogen-bond donors (Lipinski definition) is 3. The smallest absolute Gasteiger partial charge is 0.338 e. The van der Waals surface area contributed by atoms with Crippen molar-refractivity contribution in [2.75, 3.05) is 13.2 Å². The van der Waals surface area contributed by atoms with Gasteiger partial charge in [0, 0.05) is 11.3 Å². The number of esters is 1. The predicted octanol–water partition coefficient (Wildman–Crippen LogP) is 5.66. The molecule has 0 bridgehead atoms. The Kier molecular flexibility index (Phi) is 11.5. The molecule has 1 aliphatic heterocycles. The predicted molar refractivity (Wildman–Crippen MR) is 176 cm³/mol. The summed E-state index contributed by atoms with van der Waals surface area (Å²) in [5, 5.41) is 10.4. The first-order chi connectivity index (χ1) is 20.7. The molecular weight excluding hydrogens is 754 g/mol. The molecule has 1 aliphatic rings. The van der Waals surface area contributed by atoms with Crippen LogP contribution in [-0.2, 0) is 20.9 Å². The van der Waals surface area contributed by atoms with Gasteiger partial charge in [-0.2, -0.15) is 5.10 Å². The van der Waals surface area contributed by atoms with Gasteiger partial charge in [0.15, 0.2) is 11.7 Å². The summed E-state index contributed by atoms with van der Waals surface area (Å²) in [6.07, 6.45) is 1.49. The average molecular weight is 781 g/mol. The van der Waals surface area contributed by atoms with Crippen molar-refractivity contribution in [1.82, 2.24) is 16.1 Å². The Balaban J connectivity index is 1.38. The van der Waals surface area contributed by atoms with Crippen molar-refractivity contribution in [2.24, 2.45) is 5.10 Å². The van der Waals surface area contributed by atoms with Crippen molar-refractivity contribution >= 4 is 73.9 Å². The van der Waals surface area contributed by atoms with Gasteiger partial charge in [-0.15, -0.1) is 0 Å². The van der Waals surface area contributed by atoms with E-state index in [1.807, 2.05) is 6.07 Å². The van der Waals surface area contributed by atoms with E-state index in [0.29, 0.717) is 49.0 Å². The first kappa shape index (κ1) is 32.4. The fourth-order valence-electron chi connectivity index (χ4n) is 4.19. The average Bonchev–Trinajstić information content (AvgIpc) is 2.95. The molecule has 0 aliphatic carbocycles. The number of amides is 1. The van der Waals surface area contributed by atoms with Gasteiger partial charge >= 0.3 is 5.97 Å². The quantitative estimate of drug-likeness (QED) is 0.0753. The molecule has 224 valence electrons. The summed E-state index contributed by atoms with van der Waals surface area (Å²) >= 11 is 10.9. The van der Waals surface area contributed by atoms with Gasteiger partial charge in [0.2, 0.25) is 0 Å². The number of benzene rings is 3. The number of carbonyl (C=O) groups excluding carboxylic acids is 2. The summed E-state index contributed by atoms with van der Waals surface area (Å²) < 4.78 is 31.9. The Hall–Kier alpha value is -3.56. The number of hydrogen-bond acceptors (Lipinski definition) is 7.